The first kappa shape index (κ1) is 18.4. The number of hydrogen-bond acceptors (Lipinski definition) is 5. The van der Waals surface area contributed by atoms with E-state index in [1.165, 1.54) is 20.1 Å². The molecule has 0 radical (unpaired) electrons. The fourth-order valence-electron chi connectivity index (χ4n) is 3.13. The number of aromatic nitrogens is 2. The van der Waals surface area contributed by atoms with Crippen LogP contribution in [0.1, 0.15) is 6.92 Å². The molecule has 3 aromatic carbocycles. The molecular formula is C23H18N2O4. The molecule has 0 atom stereocenters. The number of benzene rings is 3. The van der Waals surface area contributed by atoms with Gasteiger partial charge in [0, 0.05) is 18.6 Å². The zero-order valence-electron chi connectivity index (χ0n) is 15.9. The molecule has 1 aromatic heterocycles. The molecule has 0 spiro atoms. The highest BCUT2D eigenvalue weighted by molar-refractivity contribution is 5.84. The average molecular weight is 386 g/mol. The third-order valence-corrected chi connectivity index (χ3v) is 4.51. The molecule has 4 rings (SSSR count). The van der Waals surface area contributed by atoms with Crippen molar-refractivity contribution in [2.75, 3.05) is 7.11 Å². The van der Waals surface area contributed by atoms with Gasteiger partial charge in [-0.3, -0.25) is 9.59 Å². The molecule has 6 heteroatoms. The van der Waals surface area contributed by atoms with Crippen molar-refractivity contribution in [2.24, 2.45) is 0 Å². The van der Waals surface area contributed by atoms with E-state index in [1.807, 2.05) is 54.6 Å². The number of carbonyl (C=O) groups excluding carboxylic acids is 1. The van der Waals surface area contributed by atoms with E-state index in [0.29, 0.717) is 22.5 Å². The number of aromatic amines is 1. The Kier molecular flexibility index (Phi) is 4.83. The summed E-state index contributed by atoms with van der Waals surface area (Å²) in [7, 11) is 1.46. The van der Waals surface area contributed by atoms with E-state index in [2.05, 4.69) is 9.97 Å². The fraction of sp³-hybridized carbons (Fsp3) is 0.0870. The molecule has 0 bridgehead atoms. The highest BCUT2D eigenvalue weighted by atomic mass is 16.6. The standard InChI is InChI=1S/C23H18N2O4/c1-14(26)29-21-12-18-19(13-20(21)28-2)24-22(25-23(18)27)17-10-8-16(9-11-17)15-6-4-3-5-7-15/h3-13H,1-2H3,(H,24,25,27). The minimum Gasteiger partial charge on any atom is -0.493 e. The zero-order chi connectivity index (χ0) is 20.4. The van der Waals surface area contributed by atoms with E-state index in [-0.39, 0.29) is 11.3 Å². The molecule has 0 amide bonds. The van der Waals surface area contributed by atoms with Gasteiger partial charge in [-0.2, -0.15) is 0 Å². The maximum atomic E-state index is 12.6. The van der Waals surface area contributed by atoms with Gasteiger partial charge >= 0.3 is 5.97 Å². The summed E-state index contributed by atoms with van der Waals surface area (Å²) >= 11 is 0. The SMILES string of the molecule is COc1cc2nc(-c3ccc(-c4ccccc4)cc3)[nH]c(=O)c2cc1OC(C)=O. The number of fused-ring (bicyclic) bond motifs is 1. The molecule has 6 nitrogen and oxygen atoms in total. The molecular weight excluding hydrogens is 368 g/mol. The lowest BCUT2D eigenvalue weighted by atomic mass is 10.0. The van der Waals surface area contributed by atoms with Crippen molar-refractivity contribution in [3.05, 3.63) is 77.1 Å². The zero-order valence-corrected chi connectivity index (χ0v) is 15.9. The van der Waals surface area contributed by atoms with Crippen molar-refractivity contribution < 1.29 is 14.3 Å². The summed E-state index contributed by atoms with van der Waals surface area (Å²) < 4.78 is 10.4. The van der Waals surface area contributed by atoms with Gasteiger partial charge in [0.15, 0.2) is 11.5 Å². The quantitative estimate of drug-likeness (QED) is 0.420. The fourth-order valence-corrected chi connectivity index (χ4v) is 3.13. The van der Waals surface area contributed by atoms with Gasteiger partial charge in [0.2, 0.25) is 0 Å². The number of esters is 1. The first-order valence-corrected chi connectivity index (χ1v) is 9.01. The molecule has 0 unspecified atom stereocenters. The Balaban J connectivity index is 1.77. The molecule has 0 saturated carbocycles. The minimum atomic E-state index is -0.498. The summed E-state index contributed by atoms with van der Waals surface area (Å²) in [4.78, 5) is 31.3. The second-order valence-electron chi connectivity index (χ2n) is 6.47. The highest BCUT2D eigenvalue weighted by Crippen LogP contribution is 2.31. The number of ether oxygens (including phenoxy) is 2. The van der Waals surface area contributed by atoms with Crippen LogP contribution in [-0.2, 0) is 4.79 Å². The van der Waals surface area contributed by atoms with Crippen LogP contribution in [0.2, 0.25) is 0 Å². The van der Waals surface area contributed by atoms with Crippen LogP contribution in [0, 0.1) is 0 Å². The van der Waals surface area contributed by atoms with E-state index < -0.39 is 5.97 Å². The molecule has 144 valence electrons. The van der Waals surface area contributed by atoms with Crippen LogP contribution in [0.4, 0.5) is 0 Å². The van der Waals surface area contributed by atoms with Crippen LogP contribution in [0.15, 0.2) is 71.5 Å². The lowest BCUT2D eigenvalue weighted by Crippen LogP contribution is -2.11. The number of rotatable bonds is 4. The highest BCUT2D eigenvalue weighted by Gasteiger charge is 2.14. The van der Waals surface area contributed by atoms with Gasteiger partial charge in [0.05, 0.1) is 18.0 Å². The normalized spacial score (nSPS) is 10.7. The summed E-state index contributed by atoms with van der Waals surface area (Å²) in [5, 5.41) is 0.312. The third-order valence-electron chi connectivity index (χ3n) is 4.51. The van der Waals surface area contributed by atoms with Crippen LogP contribution >= 0.6 is 0 Å². The van der Waals surface area contributed by atoms with Crippen LogP contribution in [0.3, 0.4) is 0 Å². The predicted molar refractivity (Wildman–Crippen MR) is 111 cm³/mol. The van der Waals surface area contributed by atoms with Gasteiger partial charge < -0.3 is 14.5 Å². The molecule has 29 heavy (non-hydrogen) atoms. The largest absolute Gasteiger partial charge is 0.493 e. The van der Waals surface area contributed by atoms with Gasteiger partial charge in [-0.15, -0.1) is 0 Å². The third kappa shape index (κ3) is 3.73. The molecule has 0 fully saturated rings. The van der Waals surface area contributed by atoms with E-state index in [0.717, 1.165) is 16.7 Å². The summed E-state index contributed by atoms with van der Waals surface area (Å²) in [5.41, 5.74) is 3.09. The number of nitrogens with zero attached hydrogens (tertiary/aromatic N) is 1. The maximum absolute atomic E-state index is 12.6. The molecule has 0 aliphatic rings. The lowest BCUT2D eigenvalue weighted by Gasteiger charge is -2.10. The van der Waals surface area contributed by atoms with Crippen molar-refractivity contribution in [1.29, 1.82) is 0 Å². The summed E-state index contributed by atoms with van der Waals surface area (Å²) in [6.07, 6.45) is 0. The number of carbonyl (C=O) groups is 1. The summed E-state index contributed by atoms with van der Waals surface area (Å²) in [5.74, 6) is 0.461. The predicted octanol–water partition coefficient (Wildman–Crippen LogP) is 4.19. The van der Waals surface area contributed by atoms with Gasteiger partial charge in [-0.1, -0.05) is 54.6 Å². The van der Waals surface area contributed by atoms with E-state index in [1.54, 1.807) is 6.07 Å². The first-order valence-electron chi connectivity index (χ1n) is 9.01. The number of hydrogen-bond donors (Lipinski definition) is 1. The van der Waals surface area contributed by atoms with E-state index >= 15 is 0 Å². The number of methoxy groups -OCH3 is 1. The van der Waals surface area contributed by atoms with Crippen molar-refractivity contribution in [1.82, 2.24) is 9.97 Å². The van der Waals surface area contributed by atoms with Crippen molar-refractivity contribution in [3.8, 4) is 34.0 Å². The average Bonchev–Trinajstić information content (AvgIpc) is 2.74. The second-order valence-corrected chi connectivity index (χ2v) is 6.47. The van der Waals surface area contributed by atoms with Crippen molar-refractivity contribution in [3.63, 3.8) is 0 Å². The van der Waals surface area contributed by atoms with Crippen LogP contribution < -0.4 is 15.0 Å². The minimum absolute atomic E-state index is 0.180. The Hall–Kier alpha value is -3.93. The number of nitrogens with one attached hydrogen (secondary N) is 1. The molecule has 0 saturated heterocycles. The Morgan fingerprint density at radius 1 is 0.897 bits per heavy atom. The van der Waals surface area contributed by atoms with E-state index in [4.69, 9.17) is 9.47 Å². The van der Waals surface area contributed by atoms with Gasteiger partial charge in [-0.05, 0) is 17.2 Å². The van der Waals surface area contributed by atoms with Crippen LogP contribution in [0.25, 0.3) is 33.4 Å². The van der Waals surface area contributed by atoms with Gasteiger partial charge in [0.1, 0.15) is 5.82 Å². The molecule has 0 aliphatic carbocycles. The van der Waals surface area contributed by atoms with Gasteiger partial charge in [-0.25, -0.2) is 4.98 Å². The molecule has 0 aliphatic heterocycles. The molecule has 1 N–H and O–H groups in total. The van der Waals surface area contributed by atoms with Crippen molar-refractivity contribution >= 4 is 16.9 Å². The first-order chi connectivity index (χ1) is 14.0. The molecule has 1 heterocycles. The Bertz CT molecular complexity index is 1250. The van der Waals surface area contributed by atoms with Crippen LogP contribution in [-0.4, -0.2) is 23.0 Å². The second kappa shape index (κ2) is 7.59. The summed E-state index contributed by atoms with van der Waals surface area (Å²) in [6.45, 7) is 1.29. The number of H-pyrrole nitrogens is 1. The Morgan fingerprint density at radius 2 is 1.55 bits per heavy atom. The molecule has 4 aromatic rings. The Labute approximate surface area is 166 Å². The van der Waals surface area contributed by atoms with Crippen molar-refractivity contribution in [2.45, 2.75) is 6.92 Å². The van der Waals surface area contributed by atoms with Gasteiger partial charge in [0.25, 0.3) is 5.56 Å². The van der Waals surface area contributed by atoms with Crippen LogP contribution in [0.5, 0.6) is 11.5 Å². The summed E-state index contributed by atoms with van der Waals surface area (Å²) in [6, 6.07) is 20.9. The monoisotopic (exact) mass is 386 g/mol. The Morgan fingerprint density at radius 3 is 2.21 bits per heavy atom. The maximum Gasteiger partial charge on any atom is 0.308 e. The smallest absolute Gasteiger partial charge is 0.308 e. The topological polar surface area (TPSA) is 81.3 Å². The van der Waals surface area contributed by atoms with E-state index in [9.17, 15) is 9.59 Å². The lowest BCUT2D eigenvalue weighted by molar-refractivity contribution is -0.132.